The lowest BCUT2D eigenvalue weighted by molar-refractivity contribution is -0.117. The van der Waals surface area contributed by atoms with Crippen molar-refractivity contribution in [2.75, 3.05) is 38.0 Å². The maximum atomic E-state index is 13.1. The molecule has 9 heteroatoms. The number of amides is 2. The zero-order valence-electron chi connectivity index (χ0n) is 17.6. The van der Waals surface area contributed by atoms with Crippen molar-refractivity contribution in [1.29, 1.82) is 0 Å². The van der Waals surface area contributed by atoms with Crippen molar-refractivity contribution in [3.8, 4) is 0 Å². The molecule has 0 atom stereocenters. The number of hydrogen-bond acceptors (Lipinski definition) is 5. The van der Waals surface area contributed by atoms with Crippen molar-refractivity contribution in [3.05, 3.63) is 87.8 Å². The molecule has 4 rings (SSSR count). The van der Waals surface area contributed by atoms with Crippen molar-refractivity contribution in [3.63, 3.8) is 0 Å². The van der Waals surface area contributed by atoms with Crippen molar-refractivity contribution in [2.45, 2.75) is 0 Å². The predicted molar refractivity (Wildman–Crippen MR) is 126 cm³/mol. The van der Waals surface area contributed by atoms with Crippen LogP contribution >= 0.6 is 23.2 Å². The van der Waals surface area contributed by atoms with Gasteiger partial charge in [0.2, 0.25) is 5.91 Å². The third kappa shape index (κ3) is 5.45. The number of carbonyl (C=O) groups is 3. The fraction of sp³-hybridized carbons (Fsp3) is 0.208. The fourth-order valence-electron chi connectivity index (χ4n) is 3.66. The van der Waals surface area contributed by atoms with Gasteiger partial charge in [-0.25, -0.2) is 0 Å². The van der Waals surface area contributed by atoms with Crippen LogP contribution in [0.1, 0.15) is 26.5 Å². The molecule has 1 aliphatic heterocycles. The monoisotopic (exact) mass is 485 g/mol. The molecule has 0 unspecified atom stereocenters. The predicted octanol–water partition coefficient (Wildman–Crippen LogP) is 4.21. The third-order valence-corrected chi connectivity index (χ3v) is 5.94. The number of carbonyl (C=O) groups excluding carboxylic acids is 3. The van der Waals surface area contributed by atoms with Crippen LogP contribution in [0.25, 0.3) is 0 Å². The van der Waals surface area contributed by atoms with E-state index in [-0.39, 0.29) is 29.7 Å². The molecule has 0 saturated carbocycles. The van der Waals surface area contributed by atoms with Crippen LogP contribution in [0.4, 0.5) is 5.69 Å². The Morgan fingerprint density at radius 3 is 2.36 bits per heavy atom. The first-order valence-corrected chi connectivity index (χ1v) is 11.1. The highest BCUT2D eigenvalue weighted by Gasteiger charge is 2.25. The normalized spacial score (nSPS) is 14.2. The first-order chi connectivity index (χ1) is 15.9. The van der Waals surface area contributed by atoms with E-state index in [1.54, 1.807) is 53.4 Å². The van der Waals surface area contributed by atoms with E-state index in [0.29, 0.717) is 53.2 Å². The largest absolute Gasteiger partial charge is 0.459 e. The minimum atomic E-state index is -0.330. The number of ketones is 1. The maximum absolute atomic E-state index is 13.1. The van der Waals surface area contributed by atoms with Gasteiger partial charge in [-0.05, 0) is 42.5 Å². The summed E-state index contributed by atoms with van der Waals surface area (Å²) < 4.78 is 5.17. The standard InChI is InChI=1S/C24H21Cl2N3O4/c25-16-7-8-20(18(14-16)23(31)17-4-1-2-5-19(17)26)27-22(30)15-28-9-11-29(12-10-28)24(32)21-6-3-13-33-21/h1-8,13-14H,9-12,15H2,(H,27,30). The summed E-state index contributed by atoms with van der Waals surface area (Å²) in [7, 11) is 0. The Hall–Kier alpha value is -3.13. The van der Waals surface area contributed by atoms with Crippen LogP contribution in [0.5, 0.6) is 0 Å². The Morgan fingerprint density at radius 2 is 1.67 bits per heavy atom. The number of hydrogen-bond donors (Lipinski definition) is 1. The molecule has 1 N–H and O–H groups in total. The van der Waals surface area contributed by atoms with Gasteiger partial charge in [-0.15, -0.1) is 0 Å². The summed E-state index contributed by atoms with van der Waals surface area (Å²) in [5.41, 5.74) is 0.952. The second-order valence-corrected chi connectivity index (χ2v) is 8.44. The second kappa shape index (κ2) is 10.2. The zero-order valence-corrected chi connectivity index (χ0v) is 19.1. The number of piperazine rings is 1. The lowest BCUT2D eigenvalue weighted by atomic mass is 10.0. The van der Waals surface area contributed by atoms with Gasteiger partial charge in [-0.1, -0.05) is 35.3 Å². The Morgan fingerprint density at radius 1 is 0.909 bits per heavy atom. The van der Waals surface area contributed by atoms with Crippen molar-refractivity contribution in [1.82, 2.24) is 9.80 Å². The van der Waals surface area contributed by atoms with Crippen LogP contribution in [0, 0.1) is 0 Å². The van der Waals surface area contributed by atoms with E-state index in [1.807, 2.05) is 4.90 Å². The number of nitrogens with zero attached hydrogens (tertiary/aromatic N) is 2. The van der Waals surface area contributed by atoms with Gasteiger partial charge in [-0.2, -0.15) is 0 Å². The first kappa shape index (κ1) is 23.0. The van der Waals surface area contributed by atoms with Crippen LogP contribution in [-0.4, -0.2) is 60.1 Å². The minimum Gasteiger partial charge on any atom is -0.459 e. The van der Waals surface area contributed by atoms with Gasteiger partial charge in [0.05, 0.1) is 23.5 Å². The highest BCUT2D eigenvalue weighted by atomic mass is 35.5. The Balaban J connectivity index is 1.39. The molecule has 2 aromatic carbocycles. The van der Waals surface area contributed by atoms with E-state index in [2.05, 4.69) is 5.32 Å². The van der Waals surface area contributed by atoms with Crippen LogP contribution in [0.2, 0.25) is 10.0 Å². The lowest BCUT2D eigenvalue weighted by Crippen LogP contribution is -2.50. The minimum absolute atomic E-state index is 0.130. The molecule has 7 nitrogen and oxygen atoms in total. The molecule has 33 heavy (non-hydrogen) atoms. The van der Waals surface area contributed by atoms with Crippen molar-refractivity contribution in [2.24, 2.45) is 0 Å². The van der Waals surface area contributed by atoms with E-state index < -0.39 is 0 Å². The van der Waals surface area contributed by atoms with E-state index in [9.17, 15) is 14.4 Å². The highest BCUT2D eigenvalue weighted by Crippen LogP contribution is 2.26. The topological polar surface area (TPSA) is 82.9 Å². The molecule has 1 saturated heterocycles. The summed E-state index contributed by atoms with van der Waals surface area (Å²) in [5.74, 6) is -0.451. The average Bonchev–Trinajstić information content (AvgIpc) is 3.35. The molecular weight excluding hydrogens is 465 g/mol. The van der Waals surface area contributed by atoms with Gasteiger partial charge in [-0.3, -0.25) is 19.3 Å². The number of benzene rings is 2. The van der Waals surface area contributed by atoms with E-state index in [4.69, 9.17) is 27.6 Å². The average molecular weight is 486 g/mol. The molecule has 0 spiro atoms. The van der Waals surface area contributed by atoms with Gasteiger partial charge in [0.25, 0.3) is 5.91 Å². The maximum Gasteiger partial charge on any atom is 0.289 e. The Bertz CT molecular complexity index is 1170. The van der Waals surface area contributed by atoms with E-state index in [1.165, 1.54) is 12.3 Å². The molecule has 1 aliphatic rings. The SMILES string of the molecule is O=C(CN1CCN(C(=O)c2ccco2)CC1)Nc1ccc(Cl)cc1C(=O)c1ccccc1Cl. The zero-order chi connectivity index (χ0) is 23.4. The van der Waals surface area contributed by atoms with Crippen LogP contribution in [-0.2, 0) is 4.79 Å². The molecule has 1 aromatic heterocycles. The third-order valence-electron chi connectivity index (χ3n) is 5.38. The van der Waals surface area contributed by atoms with Crippen molar-refractivity contribution >= 4 is 46.5 Å². The Kier molecular flexibility index (Phi) is 7.13. The first-order valence-electron chi connectivity index (χ1n) is 10.4. The number of furan rings is 1. The molecule has 3 aromatic rings. The van der Waals surface area contributed by atoms with Gasteiger partial charge in [0.1, 0.15) is 0 Å². The molecule has 2 heterocycles. The highest BCUT2D eigenvalue weighted by molar-refractivity contribution is 6.36. The number of halogens is 2. The summed E-state index contributed by atoms with van der Waals surface area (Å²) >= 11 is 12.3. The van der Waals surface area contributed by atoms with Crippen LogP contribution < -0.4 is 5.32 Å². The van der Waals surface area contributed by atoms with Crippen LogP contribution in [0.3, 0.4) is 0 Å². The van der Waals surface area contributed by atoms with Crippen molar-refractivity contribution < 1.29 is 18.8 Å². The van der Waals surface area contributed by atoms with Gasteiger partial charge in [0.15, 0.2) is 11.5 Å². The number of anilines is 1. The van der Waals surface area contributed by atoms with Crippen LogP contribution in [0.15, 0.2) is 65.3 Å². The van der Waals surface area contributed by atoms with E-state index in [0.717, 1.165) is 0 Å². The summed E-state index contributed by atoms with van der Waals surface area (Å²) in [5, 5.41) is 3.51. The smallest absolute Gasteiger partial charge is 0.289 e. The fourth-order valence-corrected chi connectivity index (χ4v) is 4.06. The molecule has 1 fully saturated rings. The van der Waals surface area contributed by atoms with E-state index >= 15 is 0 Å². The summed E-state index contributed by atoms with van der Waals surface area (Å²) in [6, 6.07) is 14.8. The molecule has 0 aliphatic carbocycles. The molecule has 170 valence electrons. The summed E-state index contributed by atoms with van der Waals surface area (Å²) in [6.07, 6.45) is 1.47. The quantitative estimate of drug-likeness (QED) is 0.528. The summed E-state index contributed by atoms with van der Waals surface area (Å²) in [6.45, 7) is 2.21. The molecular formula is C24H21Cl2N3O4. The Labute approximate surface area is 200 Å². The summed E-state index contributed by atoms with van der Waals surface area (Å²) in [4.78, 5) is 41.8. The molecule has 0 bridgehead atoms. The lowest BCUT2D eigenvalue weighted by Gasteiger charge is -2.33. The van der Waals surface area contributed by atoms with Gasteiger partial charge < -0.3 is 14.6 Å². The van der Waals surface area contributed by atoms with Gasteiger partial charge >= 0.3 is 0 Å². The number of nitrogens with one attached hydrogen (secondary N) is 1. The van der Waals surface area contributed by atoms with Gasteiger partial charge in [0, 0.05) is 42.3 Å². The second-order valence-electron chi connectivity index (χ2n) is 7.59. The molecule has 0 radical (unpaired) electrons. The number of rotatable bonds is 6. The molecule has 2 amide bonds.